The van der Waals surface area contributed by atoms with Gasteiger partial charge in [0.1, 0.15) is 5.75 Å². The molecule has 3 nitrogen and oxygen atoms in total. The minimum absolute atomic E-state index is 0.530. The van der Waals surface area contributed by atoms with Crippen LogP contribution in [0.5, 0.6) is 5.75 Å². The van der Waals surface area contributed by atoms with Gasteiger partial charge < -0.3 is 9.57 Å². The average Bonchev–Trinajstić information content (AvgIpc) is 2.26. The maximum Gasteiger partial charge on any atom is 0.125 e. The van der Waals surface area contributed by atoms with E-state index in [4.69, 9.17) is 10.6 Å². The molecular weight excluding hydrogens is 226 g/mol. The van der Waals surface area contributed by atoms with Crippen molar-refractivity contribution < 1.29 is 9.57 Å². The maximum absolute atomic E-state index is 6.03. The molecule has 1 saturated carbocycles. The second-order valence-corrected chi connectivity index (χ2v) is 5.30. The molecule has 0 radical (unpaired) electrons. The fourth-order valence-electron chi connectivity index (χ4n) is 2.46. The lowest BCUT2D eigenvalue weighted by Gasteiger charge is -2.26. The van der Waals surface area contributed by atoms with Crippen molar-refractivity contribution in [2.45, 2.75) is 39.5 Å². The van der Waals surface area contributed by atoms with Crippen molar-refractivity contribution in [2.75, 3.05) is 13.2 Å². The molecular formula is C15H23NO2. The van der Waals surface area contributed by atoms with Gasteiger partial charge in [0, 0.05) is 6.42 Å². The van der Waals surface area contributed by atoms with Gasteiger partial charge in [-0.3, -0.25) is 0 Å². The number of aryl methyl sites for hydroxylation is 2. The topological polar surface area (TPSA) is 44.5 Å². The second kappa shape index (κ2) is 6.21. The molecule has 2 N–H and O–H groups in total. The van der Waals surface area contributed by atoms with Gasteiger partial charge in [-0.2, -0.15) is 0 Å². The van der Waals surface area contributed by atoms with Crippen molar-refractivity contribution in [3.63, 3.8) is 0 Å². The molecule has 0 saturated heterocycles. The Balaban J connectivity index is 2.08. The van der Waals surface area contributed by atoms with Gasteiger partial charge in [-0.25, -0.2) is 5.90 Å². The van der Waals surface area contributed by atoms with E-state index in [2.05, 4.69) is 30.8 Å². The second-order valence-electron chi connectivity index (χ2n) is 5.30. The van der Waals surface area contributed by atoms with Crippen LogP contribution in [0, 0.1) is 19.8 Å². The Labute approximate surface area is 109 Å². The predicted octanol–water partition coefficient (Wildman–Crippen LogP) is 2.92. The molecule has 0 aromatic heterocycles. The summed E-state index contributed by atoms with van der Waals surface area (Å²) in [5.74, 6) is 6.90. The van der Waals surface area contributed by atoms with Gasteiger partial charge in [0.2, 0.25) is 0 Å². The lowest BCUT2D eigenvalue weighted by Crippen LogP contribution is -2.20. The van der Waals surface area contributed by atoms with E-state index in [1.807, 2.05) is 0 Å². The van der Waals surface area contributed by atoms with Gasteiger partial charge in [-0.05, 0) is 43.7 Å². The van der Waals surface area contributed by atoms with Gasteiger partial charge in [-0.1, -0.05) is 24.1 Å². The highest BCUT2D eigenvalue weighted by Crippen LogP contribution is 2.30. The third-order valence-electron chi connectivity index (χ3n) is 3.67. The third-order valence-corrected chi connectivity index (χ3v) is 3.67. The number of nitrogens with two attached hydrogens (primary N) is 1. The first-order valence-electron chi connectivity index (χ1n) is 6.75. The van der Waals surface area contributed by atoms with Crippen molar-refractivity contribution in [1.82, 2.24) is 0 Å². The van der Waals surface area contributed by atoms with E-state index in [-0.39, 0.29) is 0 Å². The third kappa shape index (κ3) is 3.24. The highest BCUT2D eigenvalue weighted by Gasteiger charge is 2.19. The average molecular weight is 249 g/mol. The molecule has 1 aromatic rings. The van der Waals surface area contributed by atoms with Crippen LogP contribution in [-0.4, -0.2) is 13.2 Å². The lowest BCUT2D eigenvalue weighted by molar-refractivity contribution is 0.139. The summed E-state index contributed by atoms with van der Waals surface area (Å²) in [6.45, 7) is 5.59. The van der Waals surface area contributed by atoms with Crippen LogP contribution in [-0.2, 0) is 11.3 Å². The number of rotatable bonds is 6. The molecule has 2 rings (SSSR count). The van der Waals surface area contributed by atoms with Crippen molar-refractivity contribution in [3.05, 3.63) is 28.8 Å². The van der Waals surface area contributed by atoms with Crippen LogP contribution in [0.2, 0.25) is 0 Å². The number of benzene rings is 1. The number of hydrogen-bond acceptors (Lipinski definition) is 3. The van der Waals surface area contributed by atoms with E-state index < -0.39 is 0 Å². The zero-order valence-corrected chi connectivity index (χ0v) is 11.4. The van der Waals surface area contributed by atoms with Gasteiger partial charge in [-0.15, -0.1) is 0 Å². The van der Waals surface area contributed by atoms with Crippen LogP contribution in [0.15, 0.2) is 12.1 Å². The van der Waals surface area contributed by atoms with Crippen LogP contribution in [0.4, 0.5) is 0 Å². The van der Waals surface area contributed by atoms with E-state index in [9.17, 15) is 0 Å². The fourth-order valence-corrected chi connectivity index (χ4v) is 2.46. The Morgan fingerprint density at radius 1 is 1.28 bits per heavy atom. The molecule has 18 heavy (non-hydrogen) atoms. The Bertz CT molecular complexity index is 400. The largest absolute Gasteiger partial charge is 0.493 e. The van der Waals surface area contributed by atoms with Crippen molar-refractivity contribution in [1.29, 1.82) is 0 Å². The van der Waals surface area contributed by atoms with E-state index in [0.717, 1.165) is 24.7 Å². The Hall–Kier alpha value is -1.06. The molecule has 1 aliphatic carbocycles. The van der Waals surface area contributed by atoms with Crippen molar-refractivity contribution in [3.8, 4) is 5.75 Å². The summed E-state index contributed by atoms with van der Waals surface area (Å²) in [6, 6.07) is 4.34. The number of hydrogen-bond donors (Lipinski definition) is 1. The Morgan fingerprint density at radius 2 is 2.06 bits per heavy atom. The highest BCUT2D eigenvalue weighted by molar-refractivity contribution is 5.44. The van der Waals surface area contributed by atoms with Gasteiger partial charge >= 0.3 is 0 Å². The monoisotopic (exact) mass is 249 g/mol. The minimum Gasteiger partial charge on any atom is -0.493 e. The molecule has 1 aliphatic rings. The zero-order valence-electron chi connectivity index (χ0n) is 11.4. The molecule has 0 unspecified atom stereocenters. The molecule has 1 aromatic carbocycles. The molecule has 0 spiro atoms. The van der Waals surface area contributed by atoms with Gasteiger partial charge in [0.05, 0.1) is 13.2 Å². The first-order valence-corrected chi connectivity index (χ1v) is 6.75. The highest BCUT2D eigenvalue weighted by atomic mass is 16.6. The Kier molecular flexibility index (Phi) is 4.61. The molecule has 100 valence electrons. The quantitative estimate of drug-likeness (QED) is 0.788. The minimum atomic E-state index is 0.530. The molecule has 3 heteroatoms. The molecule has 0 heterocycles. The molecule has 0 aliphatic heterocycles. The number of ether oxygens (including phenoxy) is 1. The smallest absolute Gasteiger partial charge is 0.125 e. The molecule has 0 bridgehead atoms. The van der Waals surface area contributed by atoms with Crippen LogP contribution < -0.4 is 10.6 Å². The first-order chi connectivity index (χ1) is 8.70. The molecule has 0 atom stereocenters. The van der Waals surface area contributed by atoms with Crippen LogP contribution in [0.1, 0.15) is 36.0 Å². The Morgan fingerprint density at radius 3 is 2.67 bits per heavy atom. The normalized spacial score (nSPS) is 15.5. The zero-order chi connectivity index (χ0) is 13.0. The summed E-state index contributed by atoms with van der Waals surface area (Å²) < 4.78 is 6.03. The van der Waals surface area contributed by atoms with E-state index >= 15 is 0 Å². The SMILES string of the molecule is Cc1cc(C)c(OCC2CCC2)c(CCON)c1. The van der Waals surface area contributed by atoms with E-state index in [0.29, 0.717) is 6.61 Å². The molecule has 0 amide bonds. The van der Waals surface area contributed by atoms with Crippen molar-refractivity contribution >= 4 is 0 Å². The predicted molar refractivity (Wildman–Crippen MR) is 72.6 cm³/mol. The standard InChI is InChI=1S/C15H23NO2/c1-11-8-12(2)15(14(9-11)6-7-18-16)17-10-13-4-3-5-13/h8-9,13H,3-7,10,16H2,1-2H3. The van der Waals surface area contributed by atoms with E-state index in [1.54, 1.807) is 0 Å². The molecule has 1 fully saturated rings. The van der Waals surface area contributed by atoms with Gasteiger partial charge in [0.25, 0.3) is 0 Å². The lowest BCUT2D eigenvalue weighted by atomic mass is 9.86. The summed E-state index contributed by atoms with van der Waals surface area (Å²) in [4.78, 5) is 4.68. The first kappa shape index (κ1) is 13.4. The summed E-state index contributed by atoms with van der Waals surface area (Å²) in [5.41, 5.74) is 3.68. The summed E-state index contributed by atoms with van der Waals surface area (Å²) >= 11 is 0. The summed E-state index contributed by atoms with van der Waals surface area (Å²) in [5, 5.41) is 0. The fraction of sp³-hybridized carbons (Fsp3) is 0.600. The van der Waals surface area contributed by atoms with Crippen molar-refractivity contribution in [2.24, 2.45) is 11.8 Å². The van der Waals surface area contributed by atoms with Crippen LogP contribution in [0.25, 0.3) is 0 Å². The van der Waals surface area contributed by atoms with Gasteiger partial charge in [0.15, 0.2) is 0 Å². The van der Waals surface area contributed by atoms with Crippen LogP contribution in [0.3, 0.4) is 0 Å². The van der Waals surface area contributed by atoms with Crippen LogP contribution >= 0.6 is 0 Å². The maximum atomic E-state index is 6.03. The summed E-state index contributed by atoms with van der Waals surface area (Å²) in [6.07, 6.45) is 4.78. The summed E-state index contributed by atoms with van der Waals surface area (Å²) in [7, 11) is 0. The van der Waals surface area contributed by atoms with E-state index in [1.165, 1.54) is 36.0 Å².